The van der Waals surface area contributed by atoms with Crippen molar-refractivity contribution in [2.45, 2.75) is 27.2 Å². The number of benzene rings is 1. The molecular formula is C22H29N5O3. The molecule has 0 atom stereocenters. The Kier molecular flexibility index (Phi) is 7.62. The Balaban J connectivity index is 1.64. The van der Waals surface area contributed by atoms with Crippen LogP contribution in [0.1, 0.15) is 27.2 Å². The Morgan fingerprint density at radius 2 is 1.90 bits per heavy atom. The third-order valence-electron chi connectivity index (χ3n) is 4.72. The van der Waals surface area contributed by atoms with E-state index >= 15 is 0 Å². The average molecular weight is 412 g/mol. The number of hydrogen-bond acceptors (Lipinski definition) is 6. The SMILES string of the molecule is CCCOC(=O)Nc1cnc2nc(-c3ccc(OCCN(CC)CC)cc3)[nH]c2c1. The van der Waals surface area contributed by atoms with Gasteiger partial charge in [-0.3, -0.25) is 5.32 Å². The minimum atomic E-state index is -0.491. The highest BCUT2D eigenvalue weighted by Crippen LogP contribution is 2.23. The number of ether oxygens (including phenoxy) is 2. The highest BCUT2D eigenvalue weighted by molar-refractivity contribution is 5.87. The summed E-state index contributed by atoms with van der Waals surface area (Å²) in [7, 11) is 0. The largest absolute Gasteiger partial charge is 0.492 e. The average Bonchev–Trinajstić information content (AvgIpc) is 3.19. The van der Waals surface area contributed by atoms with Gasteiger partial charge in [0.05, 0.1) is 24.0 Å². The van der Waals surface area contributed by atoms with Crippen molar-refractivity contribution in [1.82, 2.24) is 19.9 Å². The predicted octanol–water partition coefficient (Wildman–Crippen LogP) is 4.30. The minimum absolute atomic E-state index is 0.380. The summed E-state index contributed by atoms with van der Waals surface area (Å²) in [5, 5.41) is 2.67. The molecule has 0 fully saturated rings. The van der Waals surface area contributed by atoms with Crippen LogP contribution in [-0.4, -0.2) is 58.8 Å². The quantitative estimate of drug-likeness (QED) is 0.517. The molecular weight excluding hydrogens is 382 g/mol. The molecule has 0 aliphatic carbocycles. The summed E-state index contributed by atoms with van der Waals surface area (Å²) in [6, 6.07) is 9.60. The van der Waals surface area contributed by atoms with E-state index in [4.69, 9.17) is 9.47 Å². The molecule has 0 saturated heterocycles. The summed E-state index contributed by atoms with van der Waals surface area (Å²) in [5.74, 6) is 1.54. The molecule has 3 rings (SSSR count). The number of nitrogens with one attached hydrogen (secondary N) is 2. The normalized spacial score (nSPS) is 11.1. The number of likely N-dealkylation sites (N-methyl/N-ethyl adjacent to an activating group) is 1. The Morgan fingerprint density at radius 3 is 2.60 bits per heavy atom. The second kappa shape index (κ2) is 10.6. The number of fused-ring (bicyclic) bond motifs is 1. The van der Waals surface area contributed by atoms with Crippen LogP contribution < -0.4 is 10.1 Å². The van der Waals surface area contributed by atoms with Crippen molar-refractivity contribution < 1.29 is 14.3 Å². The second-order valence-corrected chi connectivity index (χ2v) is 6.84. The highest BCUT2D eigenvalue weighted by Gasteiger charge is 2.09. The molecule has 1 amide bonds. The van der Waals surface area contributed by atoms with Crippen LogP contribution in [0.25, 0.3) is 22.6 Å². The zero-order valence-corrected chi connectivity index (χ0v) is 17.8. The van der Waals surface area contributed by atoms with Gasteiger partial charge in [-0.2, -0.15) is 0 Å². The highest BCUT2D eigenvalue weighted by atomic mass is 16.5. The molecule has 8 heteroatoms. The number of nitrogens with zero attached hydrogens (tertiary/aromatic N) is 3. The number of anilines is 1. The molecule has 1 aromatic carbocycles. The van der Waals surface area contributed by atoms with Crippen molar-refractivity contribution >= 4 is 22.9 Å². The first-order chi connectivity index (χ1) is 14.6. The number of aromatic amines is 1. The van der Waals surface area contributed by atoms with Crippen LogP contribution in [-0.2, 0) is 4.74 Å². The number of rotatable bonds is 10. The van der Waals surface area contributed by atoms with Gasteiger partial charge in [0.2, 0.25) is 0 Å². The lowest BCUT2D eigenvalue weighted by Crippen LogP contribution is -2.27. The lowest BCUT2D eigenvalue weighted by molar-refractivity contribution is 0.161. The molecule has 8 nitrogen and oxygen atoms in total. The molecule has 3 aromatic rings. The predicted molar refractivity (Wildman–Crippen MR) is 118 cm³/mol. The Bertz CT molecular complexity index is 951. The molecule has 30 heavy (non-hydrogen) atoms. The van der Waals surface area contributed by atoms with Crippen molar-refractivity contribution in [3.8, 4) is 17.1 Å². The molecule has 0 radical (unpaired) electrons. The topological polar surface area (TPSA) is 92.4 Å². The molecule has 2 N–H and O–H groups in total. The number of H-pyrrole nitrogens is 1. The van der Waals surface area contributed by atoms with Crippen LogP contribution in [0.2, 0.25) is 0 Å². The fraction of sp³-hybridized carbons (Fsp3) is 0.409. The van der Waals surface area contributed by atoms with Gasteiger partial charge in [0, 0.05) is 12.1 Å². The first-order valence-corrected chi connectivity index (χ1v) is 10.4. The maximum Gasteiger partial charge on any atom is 0.411 e. The van der Waals surface area contributed by atoms with E-state index in [-0.39, 0.29) is 0 Å². The van der Waals surface area contributed by atoms with Crippen LogP contribution >= 0.6 is 0 Å². The van der Waals surface area contributed by atoms with Crippen molar-refractivity contribution in [3.63, 3.8) is 0 Å². The number of hydrogen-bond donors (Lipinski definition) is 2. The number of carbonyl (C=O) groups excluding carboxylic acids is 1. The van der Waals surface area contributed by atoms with Gasteiger partial charge in [0.1, 0.15) is 18.2 Å². The molecule has 2 heterocycles. The summed E-state index contributed by atoms with van der Waals surface area (Å²) in [4.78, 5) is 26.1. The summed E-state index contributed by atoms with van der Waals surface area (Å²) in [6.07, 6.45) is 1.84. The lowest BCUT2D eigenvalue weighted by atomic mass is 10.2. The van der Waals surface area contributed by atoms with E-state index in [1.54, 1.807) is 12.3 Å². The van der Waals surface area contributed by atoms with E-state index in [1.165, 1.54) is 0 Å². The molecule has 0 aliphatic heterocycles. The number of pyridine rings is 1. The molecule has 0 unspecified atom stereocenters. The number of aromatic nitrogens is 3. The third kappa shape index (κ3) is 5.70. The van der Waals surface area contributed by atoms with E-state index in [2.05, 4.69) is 39.0 Å². The van der Waals surface area contributed by atoms with Gasteiger partial charge in [-0.1, -0.05) is 20.8 Å². The molecule has 0 spiro atoms. The molecule has 0 bridgehead atoms. The monoisotopic (exact) mass is 411 g/mol. The van der Waals surface area contributed by atoms with Crippen molar-refractivity contribution in [2.24, 2.45) is 0 Å². The van der Waals surface area contributed by atoms with Gasteiger partial charge in [-0.25, -0.2) is 14.8 Å². The second-order valence-electron chi connectivity index (χ2n) is 6.84. The van der Waals surface area contributed by atoms with Crippen LogP contribution in [0.5, 0.6) is 5.75 Å². The van der Waals surface area contributed by atoms with Crippen molar-refractivity contribution in [2.75, 3.05) is 38.2 Å². The van der Waals surface area contributed by atoms with Gasteiger partial charge in [-0.05, 0) is 49.8 Å². The van der Waals surface area contributed by atoms with Gasteiger partial charge < -0.3 is 19.4 Å². The Hall–Kier alpha value is -3.13. The van der Waals surface area contributed by atoms with E-state index in [0.717, 1.165) is 42.9 Å². The number of imidazole rings is 1. The Morgan fingerprint density at radius 1 is 1.13 bits per heavy atom. The first-order valence-electron chi connectivity index (χ1n) is 10.4. The van der Waals surface area contributed by atoms with Gasteiger partial charge in [0.25, 0.3) is 0 Å². The van der Waals surface area contributed by atoms with E-state index in [0.29, 0.717) is 30.4 Å². The van der Waals surface area contributed by atoms with Gasteiger partial charge >= 0.3 is 6.09 Å². The van der Waals surface area contributed by atoms with Gasteiger partial charge in [0.15, 0.2) is 5.65 Å². The zero-order chi connectivity index (χ0) is 21.3. The smallest absolute Gasteiger partial charge is 0.411 e. The fourth-order valence-electron chi connectivity index (χ4n) is 3.00. The summed E-state index contributed by atoms with van der Waals surface area (Å²) < 4.78 is 10.9. The maximum absolute atomic E-state index is 11.7. The summed E-state index contributed by atoms with van der Waals surface area (Å²) in [6.45, 7) is 10.2. The third-order valence-corrected chi connectivity index (χ3v) is 4.72. The van der Waals surface area contributed by atoms with Gasteiger partial charge in [-0.15, -0.1) is 0 Å². The summed E-state index contributed by atoms with van der Waals surface area (Å²) >= 11 is 0. The molecule has 2 aromatic heterocycles. The van der Waals surface area contributed by atoms with Crippen molar-refractivity contribution in [1.29, 1.82) is 0 Å². The molecule has 0 saturated carbocycles. The van der Waals surface area contributed by atoms with Crippen LogP contribution in [0, 0.1) is 0 Å². The van der Waals surface area contributed by atoms with E-state index in [1.807, 2.05) is 31.2 Å². The molecule has 160 valence electrons. The Labute approximate surface area is 176 Å². The van der Waals surface area contributed by atoms with E-state index in [9.17, 15) is 4.79 Å². The molecule has 0 aliphatic rings. The van der Waals surface area contributed by atoms with E-state index < -0.39 is 6.09 Å². The lowest BCUT2D eigenvalue weighted by Gasteiger charge is -2.18. The van der Waals surface area contributed by atoms with Crippen LogP contribution in [0.15, 0.2) is 36.5 Å². The zero-order valence-electron chi connectivity index (χ0n) is 17.8. The standard InChI is InChI=1S/C22H29N5O3/c1-4-12-30-22(28)24-17-14-19-21(23-15-17)26-20(25-19)16-7-9-18(10-8-16)29-13-11-27(5-2)6-3/h7-10,14-15H,4-6,11-13H2,1-3H3,(H,24,28)(H,23,25,26). The first kappa shape index (κ1) is 21.6. The maximum atomic E-state index is 11.7. The fourth-order valence-corrected chi connectivity index (χ4v) is 3.00. The number of amides is 1. The van der Waals surface area contributed by atoms with Crippen LogP contribution in [0.4, 0.5) is 10.5 Å². The minimum Gasteiger partial charge on any atom is -0.492 e. The van der Waals surface area contributed by atoms with Crippen molar-refractivity contribution in [3.05, 3.63) is 36.5 Å². The van der Waals surface area contributed by atoms with Crippen LogP contribution in [0.3, 0.4) is 0 Å². The number of carbonyl (C=O) groups is 1. The summed E-state index contributed by atoms with van der Waals surface area (Å²) in [5.41, 5.74) is 2.80.